The standard InChI is InChI=1S/C14H11ClF2IN/c1-19-14(8-2-5-13(18)11(15)6-8)10-4-3-9(16)7-12(10)17/h2-7,14,19H,1H3. The molecule has 2 rings (SSSR count). The third kappa shape index (κ3) is 3.24. The minimum Gasteiger partial charge on any atom is -0.309 e. The van der Waals surface area contributed by atoms with Gasteiger partial charge in [0.15, 0.2) is 0 Å². The lowest BCUT2D eigenvalue weighted by molar-refractivity contribution is 0.552. The average Bonchev–Trinajstić information content (AvgIpc) is 2.37. The SMILES string of the molecule is CNC(c1ccc(I)c(Cl)c1)c1ccc(F)cc1F. The van der Waals surface area contributed by atoms with Crippen LogP contribution in [0.2, 0.25) is 5.02 Å². The van der Waals surface area contributed by atoms with Crippen LogP contribution in [0.1, 0.15) is 17.2 Å². The van der Waals surface area contributed by atoms with Crippen molar-refractivity contribution in [3.8, 4) is 0 Å². The second-order valence-electron chi connectivity index (χ2n) is 4.06. The van der Waals surface area contributed by atoms with E-state index >= 15 is 0 Å². The first kappa shape index (κ1) is 14.7. The highest BCUT2D eigenvalue weighted by atomic mass is 127. The summed E-state index contributed by atoms with van der Waals surface area (Å²) < 4.78 is 27.7. The summed E-state index contributed by atoms with van der Waals surface area (Å²) in [6.45, 7) is 0. The lowest BCUT2D eigenvalue weighted by Crippen LogP contribution is -2.19. The van der Waals surface area contributed by atoms with Crippen LogP contribution in [0, 0.1) is 15.2 Å². The molecule has 2 aromatic carbocycles. The summed E-state index contributed by atoms with van der Waals surface area (Å²) in [4.78, 5) is 0. The molecule has 0 radical (unpaired) electrons. The van der Waals surface area contributed by atoms with Crippen molar-refractivity contribution < 1.29 is 8.78 Å². The van der Waals surface area contributed by atoms with Gasteiger partial charge in [0.1, 0.15) is 11.6 Å². The monoisotopic (exact) mass is 393 g/mol. The molecule has 0 aliphatic carbocycles. The highest BCUT2D eigenvalue weighted by Crippen LogP contribution is 2.28. The minimum absolute atomic E-state index is 0.366. The third-order valence-electron chi connectivity index (χ3n) is 2.84. The van der Waals surface area contributed by atoms with E-state index in [-0.39, 0.29) is 6.04 Å². The van der Waals surface area contributed by atoms with Gasteiger partial charge in [-0.3, -0.25) is 0 Å². The molecular weight excluding hydrogens is 383 g/mol. The van der Waals surface area contributed by atoms with Gasteiger partial charge in [-0.05, 0) is 53.4 Å². The Morgan fingerprint density at radius 1 is 1.16 bits per heavy atom. The summed E-state index contributed by atoms with van der Waals surface area (Å²) in [5, 5.41) is 3.63. The van der Waals surface area contributed by atoms with Crippen LogP contribution in [0.3, 0.4) is 0 Å². The molecule has 0 aromatic heterocycles. The van der Waals surface area contributed by atoms with Crippen LogP contribution in [0.4, 0.5) is 8.78 Å². The molecule has 0 spiro atoms. The first-order chi connectivity index (χ1) is 9.02. The maximum Gasteiger partial charge on any atom is 0.131 e. The second kappa shape index (κ2) is 6.15. The maximum absolute atomic E-state index is 13.8. The molecule has 0 aliphatic heterocycles. The number of hydrogen-bond acceptors (Lipinski definition) is 1. The van der Waals surface area contributed by atoms with E-state index < -0.39 is 11.6 Å². The second-order valence-corrected chi connectivity index (χ2v) is 5.63. The van der Waals surface area contributed by atoms with Crippen LogP contribution >= 0.6 is 34.2 Å². The summed E-state index contributed by atoms with van der Waals surface area (Å²) in [6, 6.07) is 8.73. The zero-order valence-electron chi connectivity index (χ0n) is 10.1. The third-order valence-corrected chi connectivity index (χ3v) is 4.41. The van der Waals surface area contributed by atoms with Crippen molar-refractivity contribution in [3.05, 3.63) is 67.8 Å². The van der Waals surface area contributed by atoms with Crippen LogP contribution in [0.25, 0.3) is 0 Å². The largest absolute Gasteiger partial charge is 0.309 e. The highest BCUT2D eigenvalue weighted by Gasteiger charge is 2.17. The molecular formula is C14H11ClF2IN. The summed E-state index contributed by atoms with van der Waals surface area (Å²) in [5.74, 6) is -1.16. The van der Waals surface area contributed by atoms with Crippen LogP contribution in [0.15, 0.2) is 36.4 Å². The van der Waals surface area contributed by atoms with Crippen molar-refractivity contribution in [1.29, 1.82) is 0 Å². The Hall–Kier alpha value is -0.720. The molecule has 1 N–H and O–H groups in total. The van der Waals surface area contributed by atoms with Gasteiger partial charge >= 0.3 is 0 Å². The molecule has 100 valence electrons. The van der Waals surface area contributed by atoms with Crippen LogP contribution < -0.4 is 5.32 Å². The highest BCUT2D eigenvalue weighted by molar-refractivity contribution is 14.1. The van der Waals surface area contributed by atoms with E-state index in [1.807, 2.05) is 12.1 Å². The molecule has 0 fully saturated rings. The Kier molecular flexibility index (Phi) is 4.76. The average molecular weight is 394 g/mol. The number of hydrogen-bond donors (Lipinski definition) is 1. The van der Waals surface area contributed by atoms with Crippen molar-refractivity contribution in [2.24, 2.45) is 0 Å². The topological polar surface area (TPSA) is 12.0 Å². The number of nitrogens with one attached hydrogen (secondary N) is 1. The van der Waals surface area contributed by atoms with Gasteiger partial charge in [-0.1, -0.05) is 23.7 Å². The molecule has 1 unspecified atom stereocenters. The Morgan fingerprint density at radius 3 is 2.47 bits per heavy atom. The summed E-state index contributed by atoms with van der Waals surface area (Å²) in [6.07, 6.45) is 0. The molecule has 5 heteroatoms. The Balaban J connectivity index is 2.46. The van der Waals surface area contributed by atoms with Crippen molar-refractivity contribution in [1.82, 2.24) is 5.32 Å². The van der Waals surface area contributed by atoms with Gasteiger partial charge in [0, 0.05) is 15.2 Å². The van der Waals surface area contributed by atoms with E-state index in [9.17, 15) is 8.78 Å². The van der Waals surface area contributed by atoms with E-state index in [2.05, 4.69) is 27.9 Å². The minimum atomic E-state index is -0.586. The van der Waals surface area contributed by atoms with Crippen molar-refractivity contribution in [3.63, 3.8) is 0 Å². The number of halogens is 4. The Labute approximate surface area is 129 Å². The van der Waals surface area contributed by atoms with Crippen molar-refractivity contribution in [2.45, 2.75) is 6.04 Å². The Bertz CT molecular complexity index is 604. The molecule has 19 heavy (non-hydrogen) atoms. The van der Waals surface area contributed by atoms with Gasteiger partial charge in [0.25, 0.3) is 0 Å². The first-order valence-electron chi connectivity index (χ1n) is 5.60. The van der Waals surface area contributed by atoms with Crippen molar-refractivity contribution in [2.75, 3.05) is 7.05 Å². The lowest BCUT2D eigenvalue weighted by Gasteiger charge is -2.18. The van der Waals surface area contributed by atoms with Gasteiger partial charge in [-0.15, -0.1) is 0 Å². The molecule has 0 aliphatic rings. The molecule has 0 amide bonds. The van der Waals surface area contributed by atoms with Crippen LogP contribution in [-0.2, 0) is 0 Å². The fourth-order valence-corrected chi connectivity index (χ4v) is 2.45. The van der Waals surface area contributed by atoms with Gasteiger partial charge in [0.05, 0.1) is 11.1 Å². The van der Waals surface area contributed by atoms with E-state index in [1.54, 1.807) is 13.1 Å². The zero-order chi connectivity index (χ0) is 14.0. The van der Waals surface area contributed by atoms with Crippen LogP contribution in [0.5, 0.6) is 0 Å². The first-order valence-corrected chi connectivity index (χ1v) is 7.05. The molecule has 0 saturated heterocycles. The molecule has 0 heterocycles. The summed E-state index contributed by atoms with van der Waals surface area (Å²) in [7, 11) is 1.72. The fourth-order valence-electron chi connectivity index (χ4n) is 1.93. The van der Waals surface area contributed by atoms with E-state index in [0.717, 1.165) is 15.2 Å². The number of rotatable bonds is 3. The van der Waals surface area contributed by atoms with Gasteiger partial charge in [-0.2, -0.15) is 0 Å². The summed E-state index contributed by atoms with van der Waals surface area (Å²) in [5.41, 5.74) is 1.22. The van der Waals surface area contributed by atoms with E-state index in [1.165, 1.54) is 12.1 Å². The zero-order valence-corrected chi connectivity index (χ0v) is 13.0. The fraction of sp³-hybridized carbons (Fsp3) is 0.143. The molecule has 1 nitrogen and oxygen atoms in total. The molecule has 1 atom stereocenters. The van der Waals surface area contributed by atoms with Crippen molar-refractivity contribution >= 4 is 34.2 Å². The molecule has 2 aromatic rings. The smallest absolute Gasteiger partial charge is 0.131 e. The van der Waals surface area contributed by atoms with Gasteiger partial charge in [0.2, 0.25) is 0 Å². The summed E-state index contributed by atoms with van der Waals surface area (Å²) >= 11 is 8.20. The Morgan fingerprint density at radius 2 is 1.89 bits per heavy atom. The van der Waals surface area contributed by atoms with Gasteiger partial charge < -0.3 is 5.32 Å². The molecule has 0 saturated carbocycles. The van der Waals surface area contributed by atoms with Crippen LogP contribution in [-0.4, -0.2) is 7.05 Å². The normalized spacial score (nSPS) is 12.5. The predicted octanol–water partition coefficient (Wildman–Crippen LogP) is 4.53. The van der Waals surface area contributed by atoms with E-state index in [4.69, 9.17) is 11.6 Å². The lowest BCUT2D eigenvalue weighted by atomic mass is 9.98. The predicted molar refractivity (Wildman–Crippen MR) is 81.4 cm³/mol. The van der Waals surface area contributed by atoms with E-state index in [0.29, 0.717) is 10.6 Å². The number of benzene rings is 2. The molecule has 0 bridgehead atoms. The maximum atomic E-state index is 13.8. The quantitative estimate of drug-likeness (QED) is 0.756. The van der Waals surface area contributed by atoms with Gasteiger partial charge in [-0.25, -0.2) is 8.78 Å².